The van der Waals surface area contributed by atoms with Crippen LogP contribution in [-0.4, -0.2) is 37.6 Å². The average Bonchev–Trinajstić information content (AvgIpc) is 2.65. The largest absolute Gasteiger partial charge is 0.468 e. The van der Waals surface area contributed by atoms with Gasteiger partial charge in [-0.25, -0.2) is 0 Å². The molecule has 1 aromatic carbocycles. The maximum atomic E-state index is 12.8. The molecule has 1 aromatic rings. The molecule has 0 fully saturated rings. The fourth-order valence-corrected chi connectivity index (χ4v) is 3.33. The van der Waals surface area contributed by atoms with Gasteiger partial charge in [0.1, 0.15) is 0 Å². The summed E-state index contributed by atoms with van der Waals surface area (Å²) in [6.45, 7) is -0.608. The van der Waals surface area contributed by atoms with Crippen LogP contribution in [0.4, 0.5) is 0 Å². The lowest BCUT2D eigenvalue weighted by Gasteiger charge is -2.34. The number of hydrogen-bond acceptors (Lipinski definition) is 6. The van der Waals surface area contributed by atoms with Crippen molar-refractivity contribution in [1.29, 1.82) is 0 Å². The zero-order valence-electron chi connectivity index (χ0n) is 14.7. The van der Waals surface area contributed by atoms with E-state index < -0.39 is 34.7 Å². The highest BCUT2D eigenvalue weighted by Gasteiger charge is 2.56. The van der Waals surface area contributed by atoms with E-state index in [1.165, 1.54) is 0 Å². The average molecular weight is 359 g/mol. The zero-order valence-corrected chi connectivity index (χ0v) is 14.7. The van der Waals surface area contributed by atoms with Crippen LogP contribution in [0.1, 0.15) is 29.9 Å². The van der Waals surface area contributed by atoms with Crippen molar-refractivity contribution in [3.63, 3.8) is 0 Å². The summed E-state index contributed by atoms with van der Waals surface area (Å²) in [5.74, 6) is -2.73. The number of nitrogens with zero attached hydrogens (tertiary/aromatic N) is 1. The maximum Gasteiger partial charge on any atom is 0.324 e. The number of fused-ring (bicyclic) bond motifs is 1. The van der Waals surface area contributed by atoms with Gasteiger partial charge in [0.25, 0.3) is 0 Å². The predicted octanol–water partition coefficient (Wildman–Crippen LogP) is 2.74. The van der Waals surface area contributed by atoms with E-state index >= 15 is 0 Å². The lowest BCUT2D eigenvalue weighted by molar-refractivity contribution is -0.485. The summed E-state index contributed by atoms with van der Waals surface area (Å²) < 4.78 is 9.79. The van der Waals surface area contributed by atoms with E-state index in [1.54, 1.807) is 36.4 Å². The smallest absolute Gasteiger partial charge is 0.324 e. The number of carbonyl (C=O) groups excluding carboxylic acids is 2. The highest BCUT2D eigenvalue weighted by Crippen LogP contribution is 2.44. The molecular weight excluding hydrogens is 338 g/mol. The lowest BCUT2D eigenvalue weighted by Crippen LogP contribution is -2.48. The second-order valence-electron chi connectivity index (χ2n) is 5.96. The molecule has 7 heteroatoms. The van der Waals surface area contributed by atoms with E-state index in [1.807, 2.05) is 12.2 Å². The molecule has 0 radical (unpaired) electrons. The van der Waals surface area contributed by atoms with Gasteiger partial charge in [0, 0.05) is 4.92 Å². The van der Waals surface area contributed by atoms with Crippen LogP contribution in [0.25, 0.3) is 6.08 Å². The first-order valence-corrected chi connectivity index (χ1v) is 8.16. The first-order valence-electron chi connectivity index (χ1n) is 8.16. The first-order chi connectivity index (χ1) is 12.5. The zero-order chi connectivity index (χ0) is 19.2. The summed E-state index contributed by atoms with van der Waals surface area (Å²) in [6, 6.07) is 7.01. The molecule has 138 valence electrons. The molecule has 0 saturated heterocycles. The van der Waals surface area contributed by atoms with Gasteiger partial charge in [0.2, 0.25) is 6.54 Å². The molecule has 0 bridgehead atoms. The van der Waals surface area contributed by atoms with E-state index in [0.29, 0.717) is 17.5 Å². The first kappa shape index (κ1) is 19.4. The molecule has 1 aliphatic carbocycles. The predicted molar refractivity (Wildman–Crippen MR) is 94.9 cm³/mol. The van der Waals surface area contributed by atoms with E-state index in [4.69, 9.17) is 9.47 Å². The van der Waals surface area contributed by atoms with Gasteiger partial charge in [-0.15, -0.1) is 0 Å². The fraction of sp³-hybridized carbons (Fsp3) is 0.368. The molecule has 0 aliphatic heterocycles. The third kappa shape index (κ3) is 3.66. The number of nitro groups is 1. The summed E-state index contributed by atoms with van der Waals surface area (Å²) >= 11 is 0. The topological polar surface area (TPSA) is 95.7 Å². The molecule has 26 heavy (non-hydrogen) atoms. The van der Waals surface area contributed by atoms with Gasteiger partial charge in [-0.1, -0.05) is 48.6 Å². The van der Waals surface area contributed by atoms with Gasteiger partial charge in [-0.2, -0.15) is 0 Å². The van der Waals surface area contributed by atoms with Crippen LogP contribution >= 0.6 is 0 Å². The van der Waals surface area contributed by atoms with Crippen LogP contribution in [0.15, 0.2) is 42.5 Å². The third-order valence-corrected chi connectivity index (χ3v) is 4.57. The standard InChI is InChI=1S/C19H21NO6/c1-25-17(21)19(18(22)26-2)12-8-4-3-5-9-14-10-6-7-11-15(14)16(19)13-20(23)24/h4-11,16H,3,12-13H2,1-2H3/b8-4-,9-5-. The molecule has 0 amide bonds. The van der Waals surface area contributed by atoms with E-state index in [2.05, 4.69) is 0 Å². The van der Waals surface area contributed by atoms with E-state index in [0.717, 1.165) is 14.2 Å². The molecular formula is C19H21NO6. The van der Waals surface area contributed by atoms with Gasteiger partial charge >= 0.3 is 11.9 Å². The minimum Gasteiger partial charge on any atom is -0.468 e. The molecule has 0 saturated carbocycles. The van der Waals surface area contributed by atoms with Gasteiger partial charge in [-0.05, 0) is 24.0 Å². The van der Waals surface area contributed by atoms with Gasteiger partial charge < -0.3 is 9.47 Å². The number of esters is 2. The summed E-state index contributed by atoms with van der Waals surface area (Å²) in [5, 5.41) is 11.4. The Bertz CT molecular complexity index is 736. The highest BCUT2D eigenvalue weighted by atomic mass is 16.6. The van der Waals surface area contributed by atoms with Crippen LogP contribution in [0.3, 0.4) is 0 Å². The van der Waals surface area contributed by atoms with E-state index in [9.17, 15) is 19.7 Å². The van der Waals surface area contributed by atoms with Crippen molar-refractivity contribution in [3.05, 3.63) is 63.7 Å². The van der Waals surface area contributed by atoms with Crippen molar-refractivity contribution in [3.8, 4) is 0 Å². The third-order valence-electron chi connectivity index (χ3n) is 4.57. The fourth-order valence-electron chi connectivity index (χ4n) is 3.33. The molecule has 1 unspecified atom stereocenters. The van der Waals surface area contributed by atoms with Crippen LogP contribution in [0.2, 0.25) is 0 Å². The molecule has 1 atom stereocenters. The second-order valence-corrected chi connectivity index (χ2v) is 5.96. The van der Waals surface area contributed by atoms with Crippen molar-refractivity contribution in [2.45, 2.75) is 18.8 Å². The normalized spacial score (nSPS) is 20.9. The summed E-state index contributed by atoms with van der Waals surface area (Å²) in [5.41, 5.74) is -0.590. The monoisotopic (exact) mass is 359 g/mol. The number of hydrogen-bond donors (Lipinski definition) is 0. The van der Waals surface area contributed by atoms with Crippen LogP contribution in [0, 0.1) is 15.5 Å². The molecule has 0 N–H and O–H groups in total. The molecule has 7 nitrogen and oxygen atoms in total. The van der Waals surface area contributed by atoms with Gasteiger partial charge in [-0.3, -0.25) is 19.7 Å². The number of benzene rings is 1. The molecule has 0 heterocycles. The Hall–Kier alpha value is -2.96. The Morgan fingerprint density at radius 1 is 1.15 bits per heavy atom. The SMILES string of the molecule is COC(=O)C1(C(=O)OC)C/C=C\C/C=C\c2ccccc2C1C[N+](=O)[O-]. The van der Waals surface area contributed by atoms with Crippen LogP contribution in [0.5, 0.6) is 0 Å². The second kappa shape index (κ2) is 8.42. The summed E-state index contributed by atoms with van der Waals surface area (Å²) in [6.07, 6.45) is 7.77. The Morgan fingerprint density at radius 3 is 2.42 bits per heavy atom. The van der Waals surface area contributed by atoms with Crippen molar-refractivity contribution in [2.24, 2.45) is 5.41 Å². The van der Waals surface area contributed by atoms with Gasteiger partial charge in [0.05, 0.1) is 20.1 Å². The van der Waals surface area contributed by atoms with E-state index in [-0.39, 0.29) is 6.42 Å². The number of methoxy groups -OCH3 is 2. The maximum absolute atomic E-state index is 12.8. The van der Waals surface area contributed by atoms with Crippen molar-refractivity contribution in [2.75, 3.05) is 20.8 Å². The summed E-state index contributed by atoms with van der Waals surface area (Å²) in [4.78, 5) is 36.4. The molecule has 0 spiro atoms. The van der Waals surface area contributed by atoms with Crippen molar-refractivity contribution >= 4 is 18.0 Å². The minimum absolute atomic E-state index is 0.0486. The van der Waals surface area contributed by atoms with Gasteiger partial charge in [0.15, 0.2) is 5.41 Å². The lowest BCUT2D eigenvalue weighted by atomic mass is 9.68. The molecule has 1 aliphatic rings. The number of ether oxygens (including phenoxy) is 2. The summed E-state index contributed by atoms with van der Waals surface area (Å²) in [7, 11) is 2.31. The Balaban J connectivity index is 2.80. The van der Waals surface area contributed by atoms with Crippen molar-refractivity contribution < 1.29 is 24.0 Å². The molecule has 2 rings (SSSR count). The quantitative estimate of drug-likeness (QED) is 0.270. The Labute approximate surface area is 151 Å². The Kier molecular flexibility index (Phi) is 6.27. The van der Waals surface area contributed by atoms with Crippen LogP contribution < -0.4 is 0 Å². The molecule has 0 aromatic heterocycles. The Morgan fingerprint density at radius 2 is 1.81 bits per heavy atom. The van der Waals surface area contributed by atoms with Crippen LogP contribution in [-0.2, 0) is 19.1 Å². The van der Waals surface area contributed by atoms with Crippen molar-refractivity contribution in [1.82, 2.24) is 0 Å². The highest BCUT2D eigenvalue weighted by molar-refractivity contribution is 6.01. The number of carbonyl (C=O) groups is 2. The number of rotatable bonds is 4. The number of allylic oxidation sites excluding steroid dienone is 3. The minimum atomic E-state index is -1.84.